The summed E-state index contributed by atoms with van der Waals surface area (Å²) in [5.41, 5.74) is 0. The number of amides is 1. The Morgan fingerprint density at radius 3 is 2.56 bits per heavy atom. The zero-order chi connectivity index (χ0) is 19.0. The van der Waals surface area contributed by atoms with E-state index in [1.54, 1.807) is 0 Å². The van der Waals surface area contributed by atoms with Crippen LogP contribution in [-0.4, -0.2) is 65.5 Å². The van der Waals surface area contributed by atoms with Crippen molar-refractivity contribution in [2.75, 3.05) is 35.2 Å². The fourth-order valence-corrected chi connectivity index (χ4v) is 6.24. The second-order valence-electron chi connectivity index (χ2n) is 8.01. The molecule has 8 nitrogen and oxygen atoms in total. The second kappa shape index (κ2) is 7.62. The van der Waals surface area contributed by atoms with Crippen molar-refractivity contribution in [2.45, 2.75) is 56.3 Å². The fraction of sp³-hybridized carbons (Fsp3) is 0.824. The van der Waals surface area contributed by atoms with E-state index in [1.807, 2.05) is 0 Å². The Labute approximate surface area is 164 Å². The summed E-state index contributed by atoms with van der Waals surface area (Å²) in [5.74, 6) is 2.02. The highest BCUT2D eigenvalue weighted by Gasteiger charge is 2.33. The molecule has 3 heterocycles. The molecule has 3 aliphatic rings. The number of rotatable bonds is 6. The van der Waals surface area contributed by atoms with E-state index in [2.05, 4.69) is 31.9 Å². The molecule has 1 aromatic heterocycles. The van der Waals surface area contributed by atoms with E-state index < -0.39 is 9.84 Å². The summed E-state index contributed by atoms with van der Waals surface area (Å²) in [6.45, 7) is 4.30. The van der Waals surface area contributed by atoms with Gasteiger partial charge in [0.05, 0.1) is 17.3 Å². The molecule has 0 radical (unpaired) electrons. The molecular weight excluding hydrogens is 386 g/mol. The third-order valence-electron chi connectivity index (χ3n) is 5.55. The van der Waals surface area contributed by atoms with Crippen LogP contribution in [0.3, 0.4) is 0 Å². The van der Waals surface area contributed by atoms with Gasteiger partial charge in [-0.05, 0) is 38.0 Å². The molecule has 27 heavy (non-hydrogen) atoms. The molecule has 1 amide bonds. The molecule has 10 heteroatoms. The molecular formula is C17H27N5O3S2. The second-order valence-corrected chi connectivity index (χ2v) is 11.2. The van der Waals surface area contributed by atoms with Gasteiger partial charge in [0.15, 0.2) is 15.0 Å². The molecule has 0 bridgehead atoms. The molecule has 2 aliphatic heterocycles. The first-order chi connectivity index (χ1) is 12.9. The quantitative estimate of drug-likeness (QED) is 0.701. The number of hydrogen-bond acceptors (Lipinski definition) is 7. The van der Waals surface area contributed by atoms with Crippen LogP contribution in [0.5, 0.6) is 0 Å². The largest absolute Gasteiger partial charge is 0.352 e. The number of anilines is 1. The molecule has 1 N–H and O–H groups in total. The van der Waals surface area contributed by atoms with Gasteiger partial charge in [0.25, 0.3) is 0 Å². The standard InChI is InChI=1S/C17H27N5O3S2/c1-12-4-7-21(8-5-12)16-19-20-17(22(16)14-2-3-14)26-10-15(23)18-13-6-9-27(24,25)11-13/h12-14H,2-11H2,1H3,(H,18,23). The lowest BCUT2D eigenvalue weighted by molar-refractivity contribution is -0.119. The van der Waals surface area contributed by atoms with Gasteiger partial charge in [0, 0.05) is 25.2 Å². The first-order valence-corrected chi connectivity index (χ1v) is 12.5. The predicted octanol–water partition coefficient (Wildman–Crippen LogP) is 1.24. The Kier molecular flexibility index (Phi) is 5.37. The van der Waals surface area contributed by atoms with Crippen LogP contribution in [0.1, 0.15) is 45.1 Å². The zero-order valence-corrected chi connectivity index (χ0v) is 17.3. The van der Waals surface area contributed by atoms with Crippen molar-refractivity contribution in [3.63, 3.8) is 0 Å². The van der Waals surface area contributed by atoms with Crippen LogP contribution in [0.25, 0.3) is 0 Å². The lowest BCUT2D eigenvalue weighted by atomic mass is 10.00. The summed E-state index contributed by atoms with van der Waals surface area (Å²) < 4.78 is 25.2. The molecule has 1 atom stereocenters. The average Bonchev–Trinajstić information content (AvgIpc) is 3.28. The Hall–Kier alpha value is -1.29. The zero-order valence-electron chi connectivity index (χ0n) is 15.6. The first-order valence-electron chi connectivity index (χ1n) is 9.74. The van der Waals surface area contributed by atoms with Gasteiger partial charge < -0.3 is 10.2 Å². The third kappa shape index (κ3) is 4.59. The minimum Gasteiger partial charge on any atom is -0.352 e. The van der Waals surface area contributed by atoms with Crippen LogP contribution in [0.2, 0.25) is 0 Å². The number of sulfone groups is 1. The van der Waals surface area contributed by atoms with E-state index in [-0.39, 0.29) is 29.2 Å². The van der Waals surface area contributed by atoms with E-state index >= 15 is 0 Å². The minimum atomic E-state index is -2.98. The van der Waals surface area contributed by atoms with Crippen molar-refractivity contribution in [1.29, 1.82) is 0 Å². The molecule has 1 saturated carbocycles. The number of nitrogens with one attached hydrogen (secondary N) is 1. The number of thioether (sulfide) groups is 1. The van der Waals surface area contributed by atoms with Crippen molar-refractivity contribution < 1.29 is 13.2 Å². The number of carbonyl (C=O) groups excluding carboxylic acids is 1. The van der Waals surface area contributed by atoms with E-state index in [0.717, 1.165) is 43.0 Å². The predicted molar refractivity (Wildman–Crippen MR) is 105 cm³/mol. The van der Waals surface area contributed by atoms with Gasteiger partial charge in [-0.3, -0.25) is 9.36 Å². The first kappa shape index (κ1) is 19.0. The van der Waals surface area contributed by atoms with Gasteiger partial charge in [-0.15, -0.1) is 10.2 Å². The van der Waals surface area contributed by atoms with Crippen molar-refractivity contribution in [1.82, 2.24) is 20.1 Å². The average molecular weight is 414 g/mol. The summed E-state index contributed by atoms with van der Waals surface area (Å²) in [5, 5.41) is 12.4. The summed E-state index contributed by atoms with van der Waals surface area (Å²) in [6, 6.07) is 0.190. The van der Waals surface area contributed by atoms with Crippen LogP contribution in [0.4, 0.5) is 5.95 Å². The Bertz CT molecular complexity index is 797. The van der Waals surface area contributed by atoms with Crippen LogP contribution in [0.15, 0.2) is 5.16 Å². The van der Waals surface area contributed by atoms with Crippen LogP contribution in [-0.2, 0) is 14.6 Å². The van der Waals surface area contributed by atoms with Crippen molar-refractivity contribution >= 4 is 33.5 Å². The third-order valence-corrected chi connectivity index (χ3v) is 8.27. The smallest absolute Gasteiger partial charge is 0.230 e. The molecule has 150 valence electrons. The molecule has 1 aliphatic carbocycles. The number of carbonyl (C=O) groups is 1. The molecule has 1 unspecified atom stereocenters. The normalized spacial score (nSPS) is 25.7. The van der Waals surface area contributed by atoms with Gasteiger partial charge in [0.2, 0.25) is 11.9 Å². The Morgan fingerprint density at radius 2 is 1.93 bits per heavy atom. The highest BCUT2D eigenvalue weighted by atomic mass is 32.2. The number of piperidine rings is 1. The summed E-state index contributed by atoms with van der Waals surface area (Å²) >= 11 is 1.39. The molecule has 0 aromatic carbocycles. The van der Waals surface area contributed by atoms with Gasteiger partial charge in [-0.25, -0.2) is 8.42 Å². The summed E-state index contributed by atoms with van der Waals surface area (Å²) in [6.07, 6.45) is 5.12. The van der Waals surface area contributed by atoms with Gasteiger partial charge in [0.1, 0.15) is 0 Å². The molecule has 0 spiro atoms. The monoisotopic (exact) mass is 413 g/mol. The fourth-order valence-electron chi connectivity index (χ4n) is 3.75. The minimum absolute atomic E-state index is 0.0548. The summed E-state index contributed by atoms with van der Waals surface area (Å²) in [7, 11) is -2.98. The highest BCUT2D eigenvalue weighted by Crippen LogP contribution is 2.41. The van der Waals surface area contributed by atoms with E-state index in [0.29, 0.717) is 12.5 Å². The SMILES string of the molecule is CC1CCN(c2nnc(SCC(=O)NC3CCS(=O)(=O)C3)n2C2CC2)CC1. The number of nitrogens with zero attached hydrogens (tertiary/aromatic N) is 4. The Morgan fingerprint density at radius 1 is 1.19 bits per heavy atom. The number of aromatic nitrogens is 3. The topological polar surface area (TPSA) is 97.2 Å². The van der Waals surface area contributed by atoms with Crippen LogP contribution >= 0.6 is 11.8 Å². The van der Waals surface area contributed by atoms with Gasteiger partial charge in [-0.2, -0.15) is 0 Å². The molecule has 1 aromatic rings. The van der Waals surface area contributed by atoms with Crippen LogP contribution in [0, 0.1) is 5.92 Å². The molecule has 3 fully saturated rings. The van der Waals surface area contributed by atoms with E-state index in [4.69, 9.17) is 0 Å². The van der Waals surface area contributed by atoms with Gasteiger partial charge >= 0.3 is 0 Å². The summed E-state index contributed by atoms with van der Waals surface area (Å²) in [4.78, 5) is 14.5. The maximum atomic E-state index is 12.2. The molecule has 4 rings (SSSR count). The maximum Gasteiger partial charge on any atom is 0.230 e. The van der Waals surface area contributed by atoms with E-state index in [9.17, 15) is 13.2 Å². The lowest BCUT2D eigenvalue weighted by Crippen LogP contribution is -2.36. The van der Waals surface area contributed by atoms with Crippen molar-refractivity contribution in [3.8, 4) is 0 Å². The van der Waals surface area contributed by atoms with Gasteiger partial charge in [-0.1, -0.05) is 18.7 Å². The van der Waals surface area contributed by atoms with E-state index in [1.165, 1.54) is 24.6 Å². The van der Waals surface area contributed by atoms with Crippen LogP contribution < -0.4 is 10.2 Å². The maximum absolute atomic E-state index is 12.2. The Balaban J connectivity index is 1.37. The lowest BCUT2D eigenvalue weighted by Gasteiger charge is -2.31. The highest BCUT2D eigenvalue weighted by molar-refractivity contribution is 7.99. The van der Waals surface area contributed by atoms with Crippen molar-refractivity contribution in [2.24, 2.45) is 5.92 Å². The number of hydrogen-bond donors (Lipinski definition) is 1. The molecule has 2 saturated heterocycles. The van der Waals surface area contributed by atoms with Crippen molar-refractivity contribution in [3.05, 3.63) is 0 Å².